The van der Waals surface area contributed by atoms with E-state index >= 15 is 0 Å². The molecule has 2 aromatic heterocycles. The fourth-order valence-electron chi connectivity index (χ4n) is 2.52. The van der Waals surface area contributed by atoms with Crippen LogP contribution >= 0.6 is 0 Å². The Morgan fingerprint density at radius 3 is 2.68 bits per heavy atom. The van der Waals surface area contributed by atoms with Crippen molar-refractivity contribution in [2.24, 2.45) is 5.92 Å². The maximum Gasteiger partial charge on any atom is 0.257 e. The summed E-state index contributed by atoms with van der Waals surface area (Å²) in [5.74, 6) is 0.159. The third kappa shape index (κ3) is 3.11. The number of benzene rings is 1. The second-order valence-corrected chi connectivity index (χ2v) is 6.17. The summed E-state index contributed by atoms with van der Waals surface area (Å²) in [6.45, 7) is 6.19. The molecule has 1 aromatic carbocycles. The summed E-state index contributed by atoms with van der Waals surface area (Å²) in [6.07, 6.45) is 1.35. The van der Waals surface area contributed by atoms with Gasteiger partial charge in [0.1, 0.15) is 23.8 Å². The first kappa shape index (κ1) is 17.1. The van der Waals surface area contributed by atoms with Crippen LogP contribution in [0.2, 0.25) is 0 Å². The molecular formula is C17H19F2N5O. The lowest BCUT2D eigenvalue weighted by molar-refractivity contribution is 0.399. The summed E-state index contributed by atoms with van der Waals surface area (Å²) >= 11 is 0. The predicted octanol–water partition coefficient (Wildman–Crippen LogP) is 3.45. The number of ether oxygens (including phenoxy) is 1. The molecule has 2 heterocycles. The molecule has 0 atom stereocenters. The molecule has 0 amide bonds. The van der Waals surface area contributed by atoms with Gasteiger partial charge in [0, 0.05) is 12.1 Å². The van der Waals surface area contributed by atoms with Crippen molar-refractivity contribution < 1.29 is 13.5 Å². The Morgan fingerprint density at radius 1 is 1.24 bits per heavy atom. The quantitative estimate of drug-likeness (QED) is 0.766. The normalized spacial score (nSPS) is 11.3. The molecule has 8 heteroatoms. The number of methoxy groups -OCH3 is 1. The van der Waals surface area contributed by atoms with Crippen molar-refractivity contribution in [3.8, 4) is 17.0 Å². The molecule has 0 aliphatic heterocycles. The molecule has 0 fully saturated rings. The van der Waals surface area contributed by atoms with Gasteiger partial charge in [-0.3, -0.25) is 0 Å². The Hall–Kier alpha value is -2.77. The highest BCUT2D eigenvalue weighted by Gasteiger charge is 2.23. The Bertz CT molecular complexity index is 923. The number of nitrogens with zero attached hydrogens (tertiary/aromatic N) is 4. The molecule has 0 bridgehead atoms. The van der Waals surface area contributed by atoms with E-state index in [-0.39, 0.29) is 17.0 Å². The average Bonchev–Trinajstić information content (AvgIpc) is 3.03. The number of hydrogen-bond donors (Lipinski definition) is 1. The highest BCUT2D eigenvalue weighted by molar-refractivity contribution is 5.81. The van der Waals surface area contributed by atoms with Crippen molar-refractivity contribution in [1.82, 2.24) is 19.6 Å². The highest BCUT2D eigenvalue weighted by atomic mass is 19.1. The van der Waals surface area contributed by atoms with Crippen LogP contribution in [0.15, 0.2) is 18.5 Å². The van der Waals surface area contributed by atoms with Crippen molar-refractivity contribution in [1.29, 1.82) is 0 Å². The Balaban J connectivity index is 2.31. The molecule has 0 unspecified atom stereocenters. The monoisotopic (exact) mass is 347 g/mol. The summed E-state index contributed by atoms with van der Waals surface area (Å²) in [5.41, 5.74) is 0.584. The summed E-state index contributed by atoms with van der Waals surface area (Å²) in [4.78, 5) is 8.31. The summed E-state index contributed by atoms with van der Waals surface area (Å²) in [7, 11) is 1.42. The number of anilines is 1. The van der Waals surface area contributed by atoms with E-state index in [1.807, 2.05) is 13.8 Å². The largest absolute Gasteiger partial charge is 0.480 e. The first-order valence-electron chi connectivity index (χ1n) is 7.90. The van der Waals surface area contributed by atoms with Crippen LogP contribution in [0.4, 0.5) is 14.6 Å². The van der Waals surface area contributed by atoms with E-state index in [2.05, 4.69) is 20.4 Å². The van der Waals surface area contributed by atoms with Crippen LogP contribution in [0.1, 0.15) is 19.4 Å². The topological polar surface area (TPSA) is 64.3 Å². The highest BCUT2D eigenvalue weighted by Crippen LogP contribution is 2.38. The van der Waals surface area contributed by atoms with Gasteiger partial charge >= 0.3 is 0 Å². The minimum absolute atomic E-state index is 0.0520. The molecule has 3 aromatic rings. The second kappa shape index (κ2) is 6.62. The van der Waals surface area contributed by atoms with E-state index < -0.39 is 11.6 Å². The maximum atomic E-state index is 14.6. The van der Waals surface area contributed by atoms with Gasteiger partial charge in [-0.1, -0.05) is 13.8 Å². The smallest absolute Gasteiger partial charge is 0.257 e. The molecule has 25 heavy (non-hydrogen) atoms. The van der Waals surface area contributed by atoms with Gasteiger partial charge in [0.2, 0.25) is 5.88 Å². The van der Waals surface area contributed by atoms with Gasteiger partial charge in [-0.05, 0) is 30.5 Å². The van der Waals surface area contributed by atoms with Gasteiger partial charge in [0.15, 0.2) is 0 Å². The minimum Gasteiger partial charge on any atom is -0.480 e. The third-order valence-corrected chi connectivity index (χ3v) is 3.78. The molecule has 0 radical (unpaired) electrons. The molecule has 0 saturated heterocycles. The van der Waals surface area contributed by atoms with Crippen molar-refractivity contribution in [2.75, 3.05) is 19.0 Å². The number of halogens is 2. The van der Waals surface area contributed by atoms with Gasteiger partial charge in [0.05, 0.1) is 12.7 Å². The van der Waals surface area contributed by atoms with Crippen molar-refractivity contribution in [3.63, 3.8) is 0 Å². The first-order valence-corrected chi connectivity index (χ1v) is 7.90. The molecule has 0 aliphatic rings. The standard InChI is InChI=1S/C17H19F2N5O/c1-9(2)7-20-15-14(11-6-12(18)10(3)5-13(11)19)16(25-4)23-17-21-8-22-24(15)17/h5-6,8-9,20H,7H2,1-4H3. The van der Waals surface area contributed by atoms with Crippen LogP contribution in [0, 0.1) is 24.5 Å². The van der Waals surface area contributed by atoms with Crippen LogP contribution in [0.25, 0.3) is 16.9 Å². The SMILES string of the molecule is COc1nc2ncnn2c(NCC(C)C)c1-c1cc(F)c(C)cc1F. The molecule has 6 nitrogen and oxygen atoms in total. The molecule has 1 N–H and O–H groups in total. The zero-order chi connectivity index (χ0) is 18.1. The molecular weight excluding hydrogens is 328 g/mol. The van der Waals surface area contributed by atoms with E-state index in [4.69, 9.17) is 4.74 Å². The number of hydrogen-bond acceptors (Lipinski definition) is 5. The lowest BCUT2D eigenvalue weighted by Gasteiger charge is -2.17. The van der Waals surface area contributed by atoms with Gasteiger partial charge in [-0.25, -0.2) is 8.78 Å². The van der Waals surface area contributed by atoms with Crippen LogP contribution in [0.5, 0.6) is 5.88 Å². The van der Waals surface area contributed by atoms with Crippen LogP contribution in [-0.2, 0) is 0 Å². The number of aryl methyl sites for hydroxylation is 1. The van der Waals surface area contributed by atoms with Crippen LogP contribution in [0.3, 0.4) is 0 Å². The van der Waals surface area contributed by atoms with E-state index in [9.17, 15) is 8.78 Å². The fraction of sp³-hybridized carbons (Fsp3) is 0.353. The Labute approximate surface area is 143 Å². The third-order valence-electron chi connectivity index (χ3n) is 3.78. The molecule has 132 valence electrons. The summed E-state index contributed by atoms with van der Waals surface area (Å²) in [5, 5.41) is 7.36. The zero-order valence-electron chi connectivity index (χ0n) is 14.5. The predicted molar refractivity (Wildman–Crippen MR) is 90.8 cm³/mol. The van der Waals surface area contributed by atoms with Crippen LogP contribution in [-0.4, -0.2) is 33.2 Å². The Morgan fingerprint density at radius 2 is 2.00 bits per heavy atom. The molecule has 0 aliphatic carbocycles. The van der Waals surface area contributed by atoms with E-state index in [0.717, 1.165) is 12.1 Å². The van der Waals surface area contributed by atoms with Crippen molar-refractivity contribution in [2.45, 2.75) is 20.8 Å². The molecule has 3 rings (SSSR count). The molecule has 0 saturated carbocycles. The number of aromatic nitrogens is 4. The lowest BCUT2D eigenvalue weighted by Crippen LogP contribution is -2.14. The number of nitrogens with one attached hydrogen (secondary N) is 1. The zero-order valence-corrected chi connectivity index (χ0v) is 14.5. The number of rotatable bonds is 5. The Kier molecular flexibility index (Phi) is 4.52. The fourth-order valence-corrected chi connectivity index (χ4v) is 2.52. The summed E-state index contributed by atoms with van der Waals surface area (Å²) < 4.78 is 35.5. The summed E-state index contributed by atoms with van der Waals surface area (Å²) in [6, 6.07) is 2.30. The van der Waals surface area contributed by atoms with E-state index in [1.165, 1.54) is 24.9 Å². The van der Waals surface area contributed by atoms with Gasteiger partial charge in [-0.15, -0.1) is 0 Å². The van der Waals surface area contributed by atoms with Crippen molar-refractivity contribution >= 4 is 11.6 Å². The van der Waals surface area contributed by atoms with E-state index in [0.29, 0.717) is 29.6 Å². The van der Waals surface area contributed by atoms with Gasteiger partial charge in [0.25, 0.3) is 5.78 Å². The second-order valence-electron chi connectivity index (χ2n) is 6.17. The van der Waals surface area contributed by atoms with Gasteiger partial charge in [-0.2, -0.15) is 19.6 Å². The van der Waals surface area contributed by atoms with E-state index in [1.54, 1.807) is 0 Å². The average molecular weight is 347 g/mol. The van der Waals surface area contributed by atoms with Crippen LogP contribution < -0.4 is 10.1 Å². The van der Waals surface area contributed by atoms with Gasteiger partial charge < -0.3 is 10.1 Å². The maximum absolute atomic E-state index is 14.6. The first-order chi connectivity index (χ1) is 11.9. The van der Waals surface area contributed by atoms with Crippen molar-refractivity contribution in [3.05, 3.63) is 35.7 Å². The minimum atomic E-state index is -0.564. The molecule has 0 spiro atoms. The lowest BCUT2D eigenvalue weighted by atomic mass is 10.0. The number of fused-ring (bicyclic) bond motifs is 1.